The van der Waals surface area contributed by atoms with Crippen LogP contribution in [0.5, 0.6) is 0 Å². The van der Waals surface area contributed by atoms with E-state index in [-0.39, 0.29) is 51.4 Å². The smallest absolute Gasteiger partial charge is 0.306 e. The average molecular weight is 612 g/mol. The first-order valence-electron chi connectivity index (χ1n) is 16.9. The van der Waals surface area contributed by atoms with Gasteiger partial charge < -0.3 is 24.3 Å². The average Bonchev–Trinajstić information content (AvgIpc) is 2.98. The number of ether oxygens (including phenoxy) is 4. The van der Waals surface area contributed by atoms with Crippen molar-refractivity contribution in [3.63, 3.8) is 0 Å². The number of hydrogen-bond donors (Lipinski definition) is 1. The summed E-state index contributed by atoms with van der Waals surface area (Å²) in [7, 11) is 0. The van der Waals surface area contributed by atoms with Gasteiger partial charge in [0.05, 0.1) is 18.7 Å². The summed E-state index contributed by atoms with van der Waals surface area (Å²) in [5, 5.41) is 2.86. The fraction of sp³-hybridized carbons (Fsp3) is 0.824. The molecule has 1 N–H and O–H groups in total. The Morgan fingerprint density at radius 2 is 1.05 bits per heavy atom. The number of rotatable bonds is 30. The summed E-state index contributed by atoms with van der Waals surface area (Å²) in [6, 6.07) is 0. The molecule has 0 radical (unpaired) electrons. The van der Waals surface area contributed by atoms with E-state index in [2.05, 4.69) is 18.8 Å². The van der Waals surface area contributed by atoms with E-state index in [1.54, 1.807) is 0 Å². The molecule has 0 spiro atoms. The summed E-state index contributed by atoms with van der Waals surface area (Å²) in [5.41, 5.74) is 0. The molecule has 0 saturated heterocycles. The predicted octanol–water partition coefficient (Wildman–Crippen LogP) is 7.49. The normalized spacial score (nSPS) is 11.4. The molecule has 0 saturated carbocycles. The zero-order chi connectivity index (χ0) is 32.0. The Morgan fingerprint density at radius 3 is 1.58 bits per heavy atom. The second-order valence-electron chi connectivity index (χ2n) is 11.2. The van der Waals surface area contributed by atoms with Crippen LogP contribution < -0.4 is 5.32 Å². The maximum Gasteiger partial charge on any atom is 0.306 e. The molecule has 0 bridgehead atoms. The highest BCUT2D eigenvalue weighted by Gasteiger charge is 2.19. The third-order valence-corrected chi connectivity index (χ3v) is 6.91. The van der Waals surface area contributed by atoms with E-state index in [0.717, 1.165) is 12.8 Å². The number of carbonyl (C=O) groups excluding carboxylic acids is 4. The lowest BCUT2D eigenvalue weighted by Crippen LogP contribution is -2.30. The number of unbranched alkanes of at least 4 members (excludes halogenated alkanes) is 12. The van der Waals surface area contributed by atoms with Crippen LogP contribution in [-0.2, 0) is 38.1 Å². The number of nitrogens with one attached hydrogen (secondary N) is 1. The van der Waals surface area contributed by atoms with E-state index in [9.17, 15) is 19.2 Å². The molecule has 0 aliphatic carbocycles. The van der Waals surface area contributed by atoms with Crippen molar-refractivity contribution in [2.75, 3.05) is 26.4 Å². The first-order valence-corrected chi connectivity index (χ1v) is 16.9. The summed E-state index contributed by atoms with van der Waals surface area (Å²) in [6.45, 7) is 10.1. The quantitative estimate of drug-likeness (QED) is 0.0384. The van der Waals surface area contributed by atoms with Gasteiger partial charge in [0.1, 0.15) is 19.8 Å². The minimum atomic E-state index is -0.855. The standard InChI is InChI=1S/C34H61NO8/c1-5-8-9-10-11-12-13-14-15-16-17-18-19-22-31(36)35-25-26-40-29(4)23-24-33(38)42-28-30(43-34(39)21-7-3)27-41-32(37)20-6-2/h30H,4-28H2,1-3H3,(H,35,36). The SMILES string of the molecule is C=C(CCC(=O)OCC(COC(=O)CCC)OC(=O)CCC)OCCNC(=O)CCCCCCCCCCCCCCC. The summed E-state index contributed by atoms with van der Waals surface area (Å²) in [6.07, 6.45) is 18.3. The molecule has 0 fully saturated rings. The first kappa shape index (κ1) is 40.4. The molecule has 0 aromatic heterocycles. The maximum absolute atomic E-state index is 12.2. The first-order chi connectivity index (χ1) is 20.8. The molecule has 9 nitrogen and oxygen atoms in total. The molecular formula is C34H61NO8. The van der Waals surface area contributed by atoms with Crippen LogP contribution >= 0.6 is 0 Å². The van der Waals surface area contributed by atoms with Gasteiger partial charge in [-0.05, 0) is 19.3 Å². The van der Waals surface area contributed by atoms with Gasteiger partial charge in [-0.2, -0.15) is 0 Å². The summed E-state index contributed by atoms with van der Waals surface area (Å²) in [4.78, 5) is 47.7. The van der Waals surface area contributed by atoms with Gasteiger partial charge in [0, 0.05) is 25.7 Å². The molecule has 1 unspecified atom stereocenters. The zero-order valence-electron chi connectivity index (χ0n) is 27.5. The van der Waals surface area contributed by atoms with Gasteiger partial charge in [-0.1, -0.05) is 104 Å². The lowest BCUT2D eigenvalue weighted by atomic mass is 10.0. The molecule has 0 heterocycles. The lowest BCUT2D eigenvalue weighted by molar-refractivity contribution is -0.166. The van der Waals surface area contributed by atoms with Crippen LogP contribution in [0.4, 0.5) is 0 Å². The van der Waals surface area contributed by atoms with Crippen molar-refractivity contribution in [1.29, 1.82) is 0 Å². The summed E-state index contributed by atoms with van der Waals surface area (Å²) >= 11 is 0. The number of hydrogen-bond acceptors (Lipinski definition) is 8. The molecule has 0 rings (SSSR count). The fourth-order valence-electron chi connectivity index (χ4n) is 4.38. The molecule has 9 heteroatoms. The van der Waals surface area contributed by atoms with Crippen molar-refractivity contribution < 1.29 is 38.1 Å². The molecular weight excluding hydrogens is 550 g/mol. The van der Waals surface area contributed by atoms with Crippen molar-refractivity contribution in [3.05, 3.63) is 12.3 Å². The third-order valence-electron chi connectivity index (χ3n) is 6.91. The lowest BCUT2D eigenvalue weighted by Gasteiger charge is -2.18. The van der Waals surface area contributed by atoms with E-state index >= 15 is 0 Å². The van der Waals surface area contributed by atoms with Crippen LogP contribution in [0.3, 0.4) is 0 Å². The van der Waals surface area contributed by atoms with Crippen molar-refractivity contribution in [1.82, 2.24) is 5.32 Å². The van der Waals surface area contributed by atoms with E-state index in [1.807, 2.05) is 13.8 Å². The second kappa shape index (κ2) is 29.5. The Balaban J connectivity index is 3.85. The minimum Gasteiger partial charge on any atom is -0.497 e. The monoisotopic (exact) mass is 611 g/mol. The van der Waals surface area contributed by atoms with Crippen molar-refractivity contribution >= 4 is 23.8 Å². The van der Waals surface area contributed by atoms with Gasteiger partial charge in [0.15, 0.2) is 6.10 Å². The van der Waals surface area contributed by atoms with E-state index < -0.39 is 24.0 Å². The van der Waals surface area contributed by atoms with Crippen LogP contribution in [0.15, 0.2) is 12.3 Å². The molecule has 1 atom stereocenters. The fourth-order valence-corrected chi connectivity index (χ4v) is 4.38. The van der Waals surface area contributed by atoms with Gasteiger partial charge in [-0.3, -0.25) is 19.2 Å². The number of esters is 3. The van der Waals surface area contributed by atoms with Crippen LogP contribution in [-0.4, -0.2) is 56.3 Å². The third kappa shape index (κ3) is 28.0. The largest absolute Gasteiger partial charge is 0.497 e. The summed E-state index contributed by atoms with van der Waals surface area (Å²) in [5.74, 6) is -0.896. The zero-order valence-corrected chi connectivity index (χ0v) is 27.5. The van der Waals surface area contributed by atoms with Crippen molar-refractivity contribution in [2.24, 2.45) is 0 Å². The minimum absolute atomic E-state index is 0.0235. The second-order valence-corrected chi connectivity index (χ2v) is 11.2. The van der Waals surface area contributed by atoms with E-state index in [0.29, 0.717) is 31.6 Å². The van der Waals surface area contributed by atoms with Crippen LogP contribution in [0.25, 0.3) is 0 Å². The van der Waals surface area contributed by atoms with Crippen LogP contribution in [0.1, 0.15) is 149 Å². The van der Waals surface area contributed by atoms with Crippen molar-refractivity contribution in [3.8, 4) is 0 Å². The predicted molar refractivity (Wildman–Crippen MR) is 169 cm³/mol. The number of allylic oxidation sites excluding steroid dienone is 1. The Kier molecular flexibility index (Phi) is 27.7. The van der Waals surface area contributed by atoms with Gasteiger partial charge in [-0.25, -0.2) is 0 Å². The van der Waals surface area contributed by atoms with Gasteiger partial charge in [0.25, 0.3) is 0 Å². The maximum atomic E-state index is 12.2. The molecule has 0 aliphatic heterocycles. The highest BCUT2D eigenvalue weighted by molar-refractivity contribution is 5.75. The molecule has 250 valence electrons. The molecule has 0 aromatic rings. The Hall–Kier alpha value is -2.58. The number of amides is 1. The molecule has 0 aliphatic rings. The topological polar surface area (TPSA) is 117 Å². The molecule has 0 aromatic carbocycles. The van der Waals surface area contributed by atoms with E-state index in [1.165, 1.54) is 70.6 Å². The summed E-state index contributed by atoms with van der Waals surface area (Å²) < 4.78 is 21.1. The van der Waals surface area contributed by atoms with Crippen LogP contribution in [0.2, 0.25) is 0 Å². The Bertz CT molecular complexity index is 755. The highest BCUT2D eigenvalue weighted by Crippen LogP contribution is 2.13. The highest BCUT2D eigenvalue weighted by atomic mass is 16.6. The number of carbonyl (C=O) groups is 4. The Labute approximate surface area is 261 Å². The van der Waals surface area contributed by atoms with E-state index in [4.69, 9.17) is 18.9 Å². The van der Waals surface area contributed by atoms with Crippen LogP contribution in [0, 0.1) is 0 Å². The van der Waals surface area contributed by atoms with Crippen molar-refractivity contribution in [2.45, 2.75) is 155 Å². The molecule has 1 amide bonds. The Morgan fingerprint density at radius 1 is 0.558 bits per heavy atom. The van der Waals surface area contributed by atoms with Gasteiger partial charge in [0.2, 0.25) is 5.91 Å². The van der Waals surface area contributed by atoms with Gasteiger partial charge >= 0.3 is 17.9 Å². The molecule has 43 heavy (non-hydrogen) atoms. The van der Waals surface area contributed by atoms with Gasteiger partial charge in [-0.15, -0.1) is 0 Å².